The largest absolute Gasteiger partial charge is 0.508 e. The van der Waals surface area contributed by atoms with Crippen LogP contribution in [0.25, 0.3) is 0 Å². The molecule has 0 heterocycles. The van der Waals surface area contributed by atoms with Crippen molar-refractivity contribution in [2.24, 2.45) is 0 Å². The Morgan fingerprint density at radius 1 is 0.857 bits per heavy atom. The van der Waals surface area contributed by atoms with Crippen molar-refractivity contribution in [1.29, 1.82) is 0 Å². The molecule has 0 radical (unpaired) electrons. The molecule has 1 N–H and O–H groups in total. The summed E-state index contributed by atoms with van der Waals surface area (Å²) in [6.07, 6.45) is 0.571. The van der Waals surface area contributed by atoms with Crippen LogP contribution in [0.1, 0.15) is 29.3 Å². The van der Waals surface area contributed by atoms with Gasteiger partial charge in [-0.1, -0.05) is 42.5 Å². The number of phenols is 1. The summed E-state index contributed by atoms with van der Waals surface area (Å²) in [5, 5.41) is 11.7. The number of aryl methyl sites for hydroxylation is 1. The topological polar surface area (TPSA) is 96.4 Å². The van der Waals surface area contributed by atoms with Gasteiger partial charge in [-0.25, -0.2) is 14.8 Å². The molecule has 182 valence electrons. The summed E-state index contributed by atoms with van der Waals surface area (Å²) in [4.78, 5) is 39.0. The number of para-hydroxylation sites is 1. The summed E-state index contributed by atoms with van der Waals surface area (Å²) in [7, 11) is 1.45. The average Bonchev–Trinajstić information content (AvgIpc) is 2.88. The number of amides is 2. The number of aromatic hydroxyl groups is 1. The van der Waals surface area contributed by atoms with Crippen molar-refractivity contribution in [3.05, 3.63) is 90.0 Å². The van der Waals surface area contributed by atoms with Gasteiger partial charge in [0.2, 0.25) is 5.91 Å². The van der Waals surface area contributed by atoms with Crippen molar-refractivity contribution in [3.8, 4) is 11.5 Å². The fraction of sp³-hybridized carbons (Fsp3) is 0.222. The Bertz CT molecular complexity index is 1150. The summed E-state index contributed by atoms with van der Waals surface area (Å²) >= 11 is 0. The Labute approximate surface area is 204 Å². The predicted molar refractivity (Wildman–Crippen MR) is 131 cm³/mol. The molecule has 0 aliphatic carbocycles. The van der Waals surface area contributed by atoms with E-state index < -0.39 is 11.9 Å². The number of carbonyl (C=O) groups is 3. The van der Waals surface area contributed by atoms with E-state index in [1.807, 2.05) is 30.3 Å². The number of carbonyl (C=O) groups excluding carboxylic acids is 3. The molecule has 3 aromatic rings. The SMILES string of the molecule is CCOC(=O)c1ccccc1N(C(=O)CCc1ccccc1)N(C)C(=O)COc1ccc(O)cc1. The van der Waals surface area contributed by atoms with Crippen LogP contribution in [0, 0.1) is 0 Å². The summed E-state index contributed by atoms with van der Waals surface area (Å²) in [5.41, 5.74) is 1.38. The van der Waals surface area contributed by atoms with Crippen LogP contribution < -0.4 is 9.75 Å². The lowest BCUT2D eigenvalue weighted by Gasteiger charge is -2.33. The zero-order valence-corrected chi connectivity index (χ0v) is 19.7. The molecule has 0 aliphatic rings. The Balaban J connectivity index is 1.85. The third-order valence-corrected chi connectivity index (χ3v) is 5.19. The highest BCUT2D eigenvalue weighted by molar-refractivity contribution is 6.03. The molecule has 0 saturated heterocycles. The molecule has 2 amide bonds. The lowest BCUT2D eigenvalue weighted by Crippen LogP contribution is -2.50. The maximum Gasteiger partial charge on any atom is 0.340 e. The molecule has 0 atom stereocenters. The van der Waals surface area contributed by atoms with Gasteiger partial charge in [0, 0.05) is 13.5 Å². The van der Waals surface area contributed by atoms with E-state index in [9.17, 15) is 19.5 Å². The Hall–Kier alpha value is -4.33. The van der Waals surface area contributed by atoms with Crippen molar-refractivity contribution >= 4 is 23.5 Å². The molecular weight excluding hydrogens is 448 g/mol. The van der Waals surface area contributed by atoms with E-state index in [1.54, 1.807) is 31.2 Å². The number of hydrogen-bond acceptors (Lipinski definition) is 6. The molecule has 8 nitrogen and oxygen atoms in total. The molecule has 0 spiro atoms. The third-order valence-electron chi connectivity index (χ3n) is 5.19. The van der Waals surface area contributed by atoms with Gasteiger partial charge in [0.25, 0.3) is 5.91 Å². The van der Waals surface area contributed by atoms with Gasteiger partial charge < -0.3 is 14.6 Å². The number of esters is 1. The second-order valence-electron chi connectivity index (χ2n) is 7.63. The maximum atomic E-state index is 13.4. The molecule has 0 unspecified atom stereocenters. The number of likely N-dealkylation sites (N-methyl/N-ethyl adjacent to an activating group) is 1. The fourth-order valence-electron chi connectivity index (χ4n) is 3.40. The highest BCUT2D eigenvalue weighted by Gasteiger charge is 2.28. The van der Waals surface area contributed by atoms with E-state index in [0.717, 1.165) is 10.6 Å². The lowest BCUT2D eigenvalue weighted by atomic mass is 10.1. The van der Waals surface area contributed by atoms with Gasteiger partial charge in [0.15, 0.2) is 6.61 Å². The zero-order valence-electron chi connectivity index (χ0n) is 19.7. The molecule has 0 aliphatic heterocycles. The summed E-state index contributed by atoms with van der Waals surface area (Å²) in [6.45, 7) is 1.51. The van der Waals surface area contributed by atoms with Crippen LogP contribution in [0.5, 0.6) is 11.5 Å². The van der Waals surface area contributed by atoms with Crippen molar-refractivity contribution in [2.75, 3.05) is 25.3 Å². The molecule has 35 heavy (non-hydrogen) atoms. The minimum absolute atomic E-state index is 0.0755. The van der Waals surface area contributed by atoms with Gasteiger partial charge in [0.05, 0.1) is 17.9 Å². The first-order chi connectivity index (χ1) is 16.9. The van der Waals surface area contributed by atoms with Crippen LogP contribution in [0.3, 0.4) is 0 Å². The van der Waals surface area contributed by atoms with Crippen molar-refractivity contribution in [1.82, 2.24) is 5.01 Å². The van der Waals surface area contributed by atoms with Crippen LogP contribution >= 0.6 is 0 Å². The summed E-state index contributed by atoms with van der Waals surface area (Å²) < 4.78 is 10.7. The Morgan fingerprint density at radius 2 is 1.51 bits per heavy atom. The van der Waals surface area contributed by atoms with Gasteiger partial charge in [-0.2, -0.15) is 0 Å². The van der Waals surface area contributed by atoms with Gasteiger partial charge in [-0.15, -0.1) is 0 Å². The molecule has 0 bridgehead atoms. The van der Waals surface area contributed by atoms with Gasteiger partial charge >= 0.3 is 5.97 Å². The number of rotatable bonds is 9. The molecule has 0 aromatic heterocycles. The van der Waals surface area contributed by atoms with Gasteiger partial charge in [-0.3, -0.25) is 9.59 Å². The summed E-state index contributed by atoms with van der Waals surface area (Å²) in [5.74, 6) is -1.01. The minimum Gasteiger partial charge on any atom is -0.508 e. The highest BCUT2D eigenvalue weighted by atomic mass is 16.5. The van der Waals surface area contributed by atoms with E-state index in [4.69, 9.17) is 9.47 Å². The van der Waals surface area contributed by atoms with Crippen molar-refractivity contribution in [3.63, 3.8) is 0 Å². The first-order valence-electron chi connectivity index (χ1n) is 11.2. The maximum absolute atomic E-state index is 13.4. The van der Waals surface area contributed by atoms with E-state index in [-0.39, 0.29) is 42.5 Å². The van der Waals surface area contributed by atoms with E-state index in [0.29, 0.717) is 12.2 Å². The van der Waals surface area contributed by atoms with Crippen LogP contribution in [0.4, 0.5) is 5.69 Å². The molecule has 0 saturated carbocycles. The normalized spacial score (nSPS) is 10.3. The third kappa shape index (κ3) is 6.83. The minimum atomic E-state index is -0.592. The Morgan fingerprint density at radius 3 is 2.20 bits per heavy atom. The molecular formula is C27H28N2O6. The highest BCUT2D eigenvalue weighted by Crippen LogP contribution is 2.25. The first kappa shape index (κ1) is 25.3. The number of ether oxygens (including phenoxy) is 2. The smallest absolute Gasteiger partial charge is 0.340 e. The van der Waals surface area contributed by atoms with Gasteiger partial charge in [0.1, 0.15) is 11.5 Å². The van der Waals surface area contributed by atoms with Crippen LogP contribution in [-0.4, -0.2) is 48.2 Å². The number of phenolic OH excluding ortho intramolecular Hbond substituents is 1. The van der Waals surface area contributed by atoms with Crippen molar-refractivity contribution in [2.45, 2.75) is 19.8 Å². The van der Waals surface area contributed by atoms with Crippen LogP contribution in [0.2, 0.25) is 0 Å². The second-order valence-corrected chi connectivity index (χ2v) is 7.63. The predicted octanol–water partition coefficient (Wildman–Crippen LogP) is 3.99. The molecule has 3 aromatic carbocycles. The number of nitrogens with zero attached hydrogens (tertiary/aromatic N) is 2. The molecule has 8 heteroatoms. The number of hydrazine groups is 1. The number of anilines is 1. The molecule has 0 fully saturated rings. The average molecular weight is 477 g/mol. The number of benzene rings is 3. The fourth-order valence-corrected chi connectivity index (χ4v) is 3.40. The zero-order chi connectivity index (χ0) is 25.2. The summed E-state index contributed by atoms with van der Waals surface area (Å²) in [6, 6.07) is 22.0. The quantitative estimate of drug-likeness (QED) is 0.371. The van der Waals surface area contributed by atoms with Crippen molar-refractivity contribution < 1.29 is 29.0 Å². The van der Waals surface area contributed by atoms with E-state index in [1.165, 1.54) is 36.3 Å². The monoisotopic (exact) mass is 476 g/mol. The van der Waals surface area contributed by atoms with Crippen LogP contribution in [-0.2, 0) is 20.7 Å². The van der Waals surface area contributed by atoms with Crippen LogP contribution in [0.15, 0.2) is 78.9 Å². The second kappa shape index (κ2) is 12.2. The lowest BCUT2D eigenvalue weighted by molar-refractivity contribution is -0.137. The van der Waals surface area contributed by atoms with Gasteiger partial charge in [-0.05, 0) is 55.3 Å². The standard InChI is InChI=1S/C27H28N2O6/c1-3-34-27(33)23-11-7-8-12-24(23)29(25(31)18-13-20-9-5-4-6-10-20)28(2)26(32)19-35-22-16-14-21(30)15-17-22/h4-12,14-17,30H,3,13,18-19H2,1-2H3. The Kier molecular flexibility index (Phi) is 8.83. The first-order valence-corrected chi connectivity index (χ1v) is 11.2. The number of hydrogen-bond donors (Lipinski definition) is 1. The van der Waals surface area contributed by atoms with E-state index >= 15 is 0 Å². The molecule has 3 rings (SSSR count). The van der Waals surface area contributed by atoms with E-state index in [2.05, 4.69) is 0 Å².